The molecule has 0 spiro atoms. The van der Waals surface area contributed by atoms with E-state index in [1.54, 1.807) is 6.20 Å². The summed E-state index contributed by atoms with van der Waals surface area (Å²) in [4.78, 5) is 9.70. The number of fused-ring (bicyclic) bond motifs is 1. The van der Waals surface area contributed by atoms with Crippen molar-refractivity contribution in [1.29, 1.82) is 0 Å². The summed E-state index contributed by atoms with van der Waals surface area (Å²) in [6.45, 7) is 8.48. The number of aromatic nitrogens is 2. The van der Waals surface area contributed by atoms with Crippen molar-refractivity contribution >= 4 is 21.4 Å². The van der Waals surface area contributed by atoms with Crippen molar-refractivity contribution in [2.24, 2.45) is 0 Å². The van der Waals surface area contributed by atoms with Gasteiger partial charge in [-0.1, -0.05) is 32.9 Å². The second-order valence-electron chi connectivity index (χ2n) is 10.5. The fourth-order valence-electron chi connectivity index (χ4n) is 4.28. The van der Waals surface area contributed by atoms with Crippen molar-refractivity contribution in [3.63, 3.8) is 0 Å². The number of halogens is 2. The van der Waals surface area contributed by atoms with Crippen molar-refractivity contribution in [2.75, 3.05) is 0 Å². The summed E-state index contributed by atoms with van der Waals surface area (Å²) in [5, 5.41) is 0.945. The number of hydrogen-bond donors (Lipinski definition) is 0. The van der Waals surface area contributed by atoms with Crippen LogP contribution in [0.4, 0.5) is 8.78 Å². The first-order chi connectivity index (χ1) is 19.2. The summed E-state index contributed by atoms with van der Waals surface area (Å²) in [6.07, 6.45) is 1.75. The minimum atomic E-state index is -0.576. The molecular formula is C35H28F2IrN2S-2. The average Bonchev–Trinajstić information content (AvgIpc) is 3.38. The molecule has 209 valence electrons. The molecule has 0 amide bonds. The van der Waals surface area contributed by atoms with Crippen LogP contribution in [0.1, 0.15) is 32.0 Å². The normalized spacial score (nSPS) is 11.0. The second-order valence-corrected chi connectivity index (χ2v) is 11.6. The quantitative estimate of drug-likeness (QED) is 0.169. The van der Waals surface area contributed by atoms with E-state index in [1.807, 2.05) is 73.7 Å². The third-order valence-electron chi connectivity index (χ3n) is 6.45. The Morgan fingerprint density at radius 2 is 1.66 bits per heavy atom. The maximum absolute atomic E-state index is 14.2. The van der Waals surface area contributed by atoms with Crippen molar-refractivity contribution in [3.8, 4) is 33.0 Å². The second kappa shape index (κ2) is 12.9. The number of rotatable bonds is 3. The predicted molar refractivity (Wildman–Crippen MR) is 161 cm³/mol. The van der Waals surface area contributed by atoms with E-state index in [9.17, 15) is 8.78 Å². The molecule has 6 aromatic rings. The molecule has 0 atom stereocenters. The van der Waals surface area contributed by atoms with Gasteiger partial charge in [0.15, 0.2) is 0 Å². The summed E-state index contributed by atoms with van der Waals surface area (Å²) in [5.74, 6) is -1.13. The zero-order valence-electron chi connectivity index (χ0n) is 23.1. The Balaban J connectivity index is 0.000000233. The van der Waals surface area contributed by atoms with Gasteiger partial charge in [0.2, 0.25) is 0 Å². The smallest absolute Gasteiger partial charge is 0.134 e. The number of aryl methyl sites for hydroxylation is 1. The van der Waals surface area contributed by atoms with Gasteiger partial charge in [0.05, 0.1) is 0 Å². The van der Waals surface area contributed by atoms with Crippen LogP contribution in [0.25, 0.3) is 43.0 Å². The summed E-state index contributed by atoms with van der Waals surface area (Å²) < 4.78 is 28.4. The van der Waals surface area contributed by atoms with Gasteiger partial charge in [-0.15, -0.1) is 82.6 Å². The topological polar surface area (TPSA) is 25.8 Å². The standard InChI is InChI=1S/C23H18F2NS.C12H10N.Ir/c1-23(2,3)15-6-4-14(5-7-15)22-18-13-21(27-20(18)10-11-26-22)17-9-8-16(24)12-19(17)25;1-10-6-5-9-12(13-10)11-7-3-2-4-8-11;/h4,6-13H,1-3H3;2-7,9H,1H3;/q2*-1;. The molecule has 1 radical (unpaired) electrons. The van der Waals surface area contributed by atoms with Crippen molar-refractivity contribution in [3.05, 3.63) is 132 Å². The number of benzene rings is 3. The Bertz CT molecular complexity index is 1760. The van der Waals surface area contributed by atoms with Crippen LogP contribution in [0, 0.1) is 30.7 Å². The molecule has 3 aromatic carbocycles. The predicted octanol–water partition coefficient (Wildman–Crippen LogP) is 9.86. The fourth-order valence-corrected chi connectivity index (χ4v) is 5.37. The molecule has 0 bridgehead atoms. The molecular weight excluding hydrogens is 711 g/mol. The molecule has 41 heavy (non-hydrogen) atoms. The molecule has 3 aromatic heterocycles. The maximum Gasteiger partial charge on any atom is 0.134 e. The molecule has 0 unspecified atom stereocenters. The Morgan fingerprint density at radius 3 is 2.32 bits per heavy atom. The zero-order valence-corrected chi connectivity index (χ0v) is 26.3. The van der Waals surface area contributed by atoms with Crippen molar-refractivity contribution in [1.82, 2.24) is 9.97 Å². The van der Waals surface area contributed by atoms with Gasteiger partial charge in [-0.05, 0) is 59.4 Å². The molecule has 0 saturated heterocycles. The minimum absolute atomic E-state index is 0. The van der Waals surface area contributed by atoms with E-state index in [-0.39, 0.29) is 25.5 Å². The van der Waals surface area contributed by atoms with Crippen molar-refractivity contribution < 1.29 is 28.9 Å². The Morgan fingerprint density at radius 1 is 0.829 bits per heavy atom. The Hall–Kier alpha value is -3.57. The van der Waals surface area contributed by atoms with Crippen LogP contribution in [-0.2, 0) is 25.5 Å². The first-order valence-electron chi connectivity index (χ1n) is 13.0. The van der Waals surface area contributed by atoms with E-state index < -0.39 is 11.6 Å². The monoisotopic (exact) mass is 739 g/mol. The van der Waals surface area contributed by atoms with E-state index in [2.05, 4.69) is 48.9 Å². The fraction of sp³-hybridized carbons (Fsp3) is 0.143. The van der Waals surface area contributed by atoms with Crippen molar-refractivity contribution in [2.45, 2.75) is 33.1 Å². The molecule has 0 aliphatic rings. The average molecular weight is 739 g/mol. The van der Waals surface area contributed by atoms with Crippen LogP contribution in [0.5, 0.6) is 0 Å². The van der Waals surface area contributed by atoms with Gasteiger partial charge in [-0.25, -0.2) is 8.78 Å². The van der Waals surface area contributed by atoms with Gasteiger partial charge in [0, 0.05) is 53.2 Å². The Kier molecular flexibility index (Phi) is 9.60. The molecule has 0 aliphatic carbocycles. The molecule has 2 nitrogen and oxygen atoms in total. The molecule has 3 heterocycles. The molecule has 6 heteroatoms. The third kappa shape index (κ3) is 7.20. The number of hydrogen-bond acceptors (Lipinski definition) is 3. The SMILES string of the molecule is CC(C)(C)c1c[c-]c(-c2nccc3sc(-c4ccc(F)cc4F)cc23)cc1.Cc1cccc(-c2[c-]cccc2)n1.[Ir]. The summed E-state index contributed by atoms with van der Waals surface area (Å²) in [6, 6.07) is 34.0. The summed E-state index contributed by atoms with van der Waals surface area (Å²) in [5.41, 5.74) is 6.45. The summed E-state index contributed by atoms with van der Waals surface area (Å²) >= 11 is 1.47. The number of nitrogens with zero attached hydrogens (tertiary/aromatic N) is 2. The van der Waals surface area contributed by atoms with Gasteiger partial charge in [0.25, 0.3) is 0 Å². The van der Waals surface area contributed by atoms with Crippen LogP contribution in [0.15, 0.2) is 97.2 Å². The molecule has 6 rings (SSSR count). The Labute approximate surface area is 257 Å². The van der Waals surface area contributed by atoms with Crippen LogP contribution >= 0.6 is 11.3 Å². The largest absolute Gasteiger partial charge is 0.304 e. The first-order valence-corrected chi connectivity index (χ1v) is 13.8. The maximum atomic E-state index is 14.2. The zero-order chi connectivity index (χ0) is 28.3. The number of thiophene rings is 1. The van der Waals surface area contributed by atoms with Gasteiger partial charge >= 0.3 is 0 Å². The van der Waals surface area contributed by atoms with Crippen LogP contribution in [-0.4, -0.2) is 9.97 Å². The summed E-state index contributed by atoms with van der Waals surface area (Å²) in [7, 11) is 0. The van der Waals surface area contributed by atoms with E-state index in [4.69, 9.17) is 0 Å². The van der Waals surface area contributed by atoms with E-state index in [0.29, 0.717) is 5.56 Å². The third-order valence-corrected chi connectivity index (χ3v) is 7.58. The van der Waals surface area contributed by atoms with E-state index >= 15 is 0 Å². The van der Waals surface area contributed by atoms with Gasteiger partial charge in [-0.3, -0.25) is 0 Å². The van der Waals surface area contributed by atoms with Gasteiger partial charge in [0.1, 0.15) is 11.6 Å². The molecule has 0 aliphatic heterocycles. The van der Waals surface area contributed by atoms with Gasteiger partial charge < -0.3 is 9.97 Å². The molecule has 0 saturated carbocycles. The first kappa shape index (κ1) is 30.4. The van der Waals surface area contributed by atoms with Crippen LogP contribution < -0.4 is 0 Å². The number of pyridine rings is 2. The van der Waals surface area contributed by atoms with E-state index in [0.717, 1.165) is 49.2 Å². The van der Waals surface area contributed by atoms with Crippen LogP contribution in [0.2, 0.25) is 0 Å². The molecule has 0 fully saturated rings. The van der Waals surface area contributed by atoms with E-state index in [1.165, 1.54) is 29.0 Å². The van der Waals surface area contributed by atoms with Crippen LogP contribution in [0.3, 0.4) is 0 Å². The molecule has 0 N–H and O–H groups in total. The minimum Gasteiger partial charge on any atom is -0.304 e. The van der Waals surface area contributed by atoms with Gasteiger partial charge in [-0.2, -0.15) is 0 Å².